The van der Waals surface area contributed by atoms with Gasteiger partial charge in [-0.25, -0.2) is 4.68 Å². The third-order valence-corrected chi connectivity index (χ3v) is 5.49. The molecule has 1 aliphatic rings. The lowest BCUT2D eigenvalue weighted by molar-refractivity contribution is -0.117. The minimum atomic E-state index is -0.105. The monoisotopic (exact) mass is 389 g/mol. The number of carbonyl (C=O) groups excluding carboxylic acids is 1. The maximum absolute atomic E-state index is 12.6. The van der Waals surface area contributed by atoms with E-state index in [4.69, 9.17) is 0 Å². The van der Waals surface area contributed by atoms with Crippen molar-refractivity contribution in [3.05, 3.63) is 71.3 Å². The second kappa shape index (κ2) is 7.35. The molecular formula is C23H27N5O. The second-order valence-corrected chi connectivity index (χ2v) is 8.63. The molecule has 6 nitrogen and oxygen atoms in total. The molecule has 0 saturated heterocycles. The average Bonchev–Trinajstić information content (AvgIpc) is 3.26. The van der Waals surface area contributed by atoms with Crippen LogP contribution in [0.25, 0.3) is 11.8 Å². The Morgan fingerprint density at radius 2 is 2.03 bits per heavy atom. The molecule has 29 heavy (non-hydrogen) atoms. The van der Waals surface area contributed by atoms with E-state index >= 15 is 0 Å². The number of aryl methyl sites for hydroxylation is 2. The predicted molar refractivity (Wildman–Crippen MR) is 114 cm³/mol. The Morgan fingerprint density at radius 1 is 1.24 bits per heavy atom. The van der Waals surface area contributed by atoms with Crippen LogP contribution in [0, 0.1) is 12.3 Å². The van der Waals surface area contributed by atoms with Crippen LogP contribution in [0.4, 0.5) is 0 Å². The van der Waals surface area contributed by atoms with Gasteiger partial charge >= 0.3 is 0 Å². The number of amides is 1. The zero-order chi connectivity index (χ0) is 20.6. The maximum atomic E-state index is 12.6. The Labute approximate surface area is 171 Å². The fourth-order valence-corrected chi connectivity index (χ4v) is 4.10. The average molecular weight is 390 g/mol. The van der Waals surface area contributed by atoms with Crippen LogP contribution in [0.1, 0.15) is 48.7 Å². The summed E-state index contributed by atoms with van der Waals surface area (Å²) in [5.74, 6) is -0.105. The molecule has 1 amide bonds. The van der Waals surface area contributed by atoms with Gasteiger partial charge in [-0.1, -0.05) is 32.0 Å². The van der Waals surface area contributed by atoms with Crippen LogP contribution >= 0.6 is 0 Å². The lowest BCUT2D eigenvalue weighted by Gasteiger charge is -2.35. The van der Waals surface area contributed by atoms with E-state index < -0.39 is 0 Å². The Kier molecular flexibility index (Phi) is 4.86. The molecule has 6 heteroatoms. The first-order chi connectivity index (χ1) is 13.8. The lowest BCUT2D eigenvalue weighted by atomic mass is 9.74. The smallest absolute Gasteiger partial charge is 0.244 e. The molecular weight excluding hydrogens is 362 g/mol. The minimum Gasteiger partial charge on any atom is -0.346 e. The molecule has 0 bridgehead atoms. The zero-order valence-electron chi connectivity index (χ0n) is 17.4. The normalized spacial score (nSPS) is 18.0. The molecule has 3 aromatic rings. The summed E-state index contributed by atoms with van der Waals surface area (Å²) in [6, 6.07) is 8.20. The molecule has 0 aliphatic heterocycles. The second-order valence-electron chi connectivity index (χ2n) is 8.63. The number of aromatic nitrogens is 4. The van der Waals surface area contributed by atoms with E-state index in [9.17, 15) is 4.79 Å². The van der Waals surface area contributed by atoms with Gasteiger partial charge in [-0.3, -0.25) is 9.48 Å². The Hall–Kier alpha value is -3.15. The highest BCUT2D eigenvalue weighted by Crippen LogP contribution is 2.41. The molecule has 1 aliphatic carbocycles. The maximum Gasteiger partial charge on any atom is 0.244 e. The topological polar surface area (TPSA) is 64.7 Å². The molecule has 1 N–H and O–H groups in total. The number of carbonyl (C=O) groups is 1. The number of rotatable bonds is 4. The van der Waals surface area contributed by atoms with Crippen LogP contribution in [0.15, 0.2) is 48.9 Å². The zero-order valence-corrected chi connectivity index (χ0v) is 17.4. The van der Waals surface area contributed by atoms with E-state index in [2.05, 4.69) is 48.4 Å². The highest BCUT2D eigenvalue weighted by Gasteiger charge is 2.35. The first-order valence-electron chi connectivity index (χ1n) is 9.92. The molecule has 150 valence electrons. The van der Waals surface area contributed by atoms with E-state index in [0.29, 0.717) is 0 Å². The van der Waals surface area contributed by atoms with Crippen molar-refractivity contribution in [2.24, 2.45) is 12.5 Å². The summed E-state index contributed by atoms with van der Waals surface area (Å²) in [7, 11) is 1.86. The van der Waals surface area contributed by atoms with Gasteiger partial charge in [-0.15, -0.1) is 0 Å². The third-order valence-electron chi connectivity index (χ3n) is 5.49. The number of para-hydroxylation sites is 1. The fraction of sp³-hybridized carbons (Fsp3) is 0.348. The SMILES string of the molecule is Cc1ccccc1-n1ncc2c1CC(C)(C)C[C@@H]2NC(=O)/C=C/c1cnn(C)c1. The van der Waals surface area contributed by atoms with Crippen molar-refractivity contribution in [2.45, 2.75) is 39.7 Å². The quantitative estimate of drug-likeness (QED) is 0.691. The van der Waals surface area contributed by atoms with Gasteiger partial charge in [0.05, 0.1) is 29.8 Å². The predicted octanol–water partition coefficient (Wildman–Crippen LogP) is 3.76. The molecule has 2 aromatic heterocycles. The Bertz CT molecular complexity index is 1070. The van der Waals surface area contributed by atoms with Crippen LogP contribution in [-0.4, -0.2) is 25.5 Å². The molecule has 1 aromatic carbocycles. The van der Waals surface area contributed by atoms with Crippen molar-refractivity contribution in [3.8, 4) is 5.69 Å². The van der Waals surface area contributed by atoms with Gasteiger partial charge in [0.2, 0.25) is 5.91 Å². The summed E-state index contributed by atoms with van der Waals surface area (Å²) in [6.45, 7) is 6.59. The van der Waals surface area contributed by atoms with Gasteiger partial charge in [-0.05, 0) is 42.9 Å². The van der Waals surface area contributed by atoms with Gasteiger partial charge < -0.3 is 5.32 Å². The Morgan fingerprint density at radius 3 is 2.76 bits per heavy atom. The summed E-state index contributed by atoms with van der Waals surface area (Å²) in [5.41, 5.74) is 5.53. The van der Waals surface area contributed by atoms with E-state index in [-0.39, 0.29) is 17.4 Å². The van der Waals surface area contributed by atoms with Gasteiger partial charge in [0.25, 0.3) is 0 Å². The lowest BCUT2D eigenvalue weighted by Crippen LogP contribution is -2.36. The van der Waals surface area contributed by atoms with Crippen LogP contribution in [0.2, 0.25) is 0 Å². The van der Waals surface area contributed by atoms with Gasteiger partial charge in [0, 0.05) is 30.4 Å². The van der Waals surface area contributed by atoms with Crippen LogP contribution in [0.3, 0.4) is 0 Å². The number of fused-ring (bicyclic) bond motifs is 1. The molecule has 2 heterocycles. The van der Waals surface area contributed by atoms with Crippen molar-refractivity contribution in [3.63, 3.8) is 0 Å². The summed E-state index contributed by atoms with van der Waals surface area (Å²) in [6.07, 6.45) is 10.7. The molecule has 0 radical (unpaired) electrons. The van der Waals surface area contributed by atoms with Crippen molar-refractivity contribution in [2.75, 3.05) is 0 Å². The van der Waals surface area contributed by atoms with E-state index in [1.54, 1.807) is 23.0 Å². The highest BCUT2D eigenvalue weighted by molar-refractivity contribution is 5.92. The highest BCUT2D eigenvalue weighted by atomic mass is 16.1. The fourth-order valence-electron chi connectivity index (χ4n) is 4.10. The van der Waals surface area contributed by atoms with Crippen molar-refractivity contribution in [1.82, 2.24) is 24.9 Å². The molecule has 0 saturated carbocycles. The van der Waals surface area contributed by atoms with Crippen molar-refractivity contribution >= 4 is 12.0 Å². The summed E-state index contributed by atoms with van der Waals surface area (Å²) in [4.78, 5) is 12.6. The third kappa shape index (κ3) is 4.01. The molecule has 0 spiro atoms. The van der Waals surface area contributed by atoms with Crippen molar-refractivity contribution < 1.29 is 4.79 Å². The number of hydrogen-bond donors (Lipinski definition) is 1. The van der Waals surface area contributed by atoms with Crippen LogP contribution in [0.5, 0.6) is 0 Å². The largest absolute Gasteiger partial charge is 0.346 e. The number of nitrogens with zero attached hydrogens (tertiary/aromatic N) is 4. The summed E-state index contributed by atoms with van der Waals surface area (Å²) < 4.78 is 3.75. The van der Waals surface area contributed by atoms with E-state index in [0.717, 1.165) is 29.7 Å². The van der Waals surface area contributed by atoms with Gasteiger partial charge in [0.1, 0.15) is 0 Å². The van der Waals surface area contributed by atoms with Gasteiger partial charge in [-0.2, -0.15) is 10.2 Å². The molecule has 1 atom stereocenters. The number of nitrogens with one attached hydrogen (secondary N) is 1. The molecule has 0 unspecified atom stereocenters. The van der Waals surface area contributed by atoms with Crippen LogP contribution in [-0.2, 0) is 18.3 Å². The molecule has 4 rings (SSSR count). The number of hydrogen-bond acceptors (Lipinski definition) is 3. The summed E-state index contributed by atoms with van der Waals surface area (Å²) >= 11 is 0. The molecule has 0 fully saturated rings. The minimum absolute atomic E-state index is 0.0578. The first kappa shape index (κ1) is 19.2. The first-order valence-corrected chi connectivity index (χ1v) is 9.92. The van der Waals surface area contributed by atoms with Crippen molar-refractivity contribution in [1.29, 1.82) is 0 Å². The standard InChI is InChI=1S/C23H27N5O/c1-16-7-5-6-8-20(16)28-21-12-23(2,3)11-19(18(21)14-25-28)26-22(29)10-9-17-13-24-27(4)15-17/h5-10,13-15,19H,11-12H2,1-4H3,(H,26,29)/b10-9+/t19-/m0/s1. The van der Waals surface area contributed by atoms with Crippen LogP contribution < -0.4 is 5.32 Å². The summed E-state index contributed by atoms with van der Waals surface area (Å²) in [5, 5.41) is 12.0. The van der Waals surface area contributed by atoms with Gasteiger partial charge in [0.15, 0.2) is 0 Å². The van der Waals surface area contributed by atoms with E-state index in [1.165, 1.54) is 11.3 Å². The van der Waals surface area contributed by atoms with E-state index in [1.807, 2.05) is 36.3 Å². The Balaban J connectivity index is 1.60. The number of benzene rings is 1.